The van der Waals surface area contributed by atoms with Crippen molar-refractivity contribution in [3.63, 3.8) is 0 Å². The van der Waals surface area contributed by atoms with Crippen molar-refractivity contribution in [2.75, 3.05) is 0 Å². The average Bonchev–Trinajstić information content (AvgIpc) is 2.00. The Morgan fingerprint density at radius 2 is 2.08 bits per heavy atom. The monoisotopic (exact) mass is 190 g/mol. The van der Waals surface area contributed by atoms with Crippen molar-refractivity contribution in [2.45, 2.75) is 52.6 Å². The van der Waals surface area contributed by atoms with E-state index in [2.05, 4.69) is 20.8 Å². The minimum atomic E-state index is -0.174. The van der Waals surface area contributed by atoms with Gasteiger partial charge < -0.3 is 0 Å². The summed E-state index contributed by atoms with van der Waals surface area (Å²) in [5.41, 5.74) is 0. The summed E-state index contributed by atoms with van der Waals surface area (Å²) in [5, 5.41) is 0. The summed E-state index contributed by atoms with van der Waals surface area (Å²) >= 11 is 0. The topological polar surface area (TPSA) is 26.3 Å². The molecule has 0 fully saturated rings. The van der Waals surface area contributed by atoms with Crippen LogP contribution in [0.3, 0.4) is 0 Å². The van der Waals surface area contributed by atoms with Gasteiger partial charge in [-0.15, -0.1) is 0 Å². The summed E-state index contributed by atoms with van der Waals surface area (Å²) in [6, 6.07) is 0. The van der Waals surface area contributed by atoms with E-state index >= 15 is 0 Å². The van der Waals surface area contributed by atoms with Crippen LogP contribution in [0.2, 0.25) is 0 Å². The Morgan fingerprint density at radius 3 is 2.50 bits per heavy atom. The normalized spacial score (nSPS) is 14.0. The van der Waals surface area contributed by atoms with Crippen LogP contribution in [0.15, 0.2) is 0 Å². The molecule has 0 saturated heterocycles. The zero-order valence-corrected chi connectivity index (χ0v) is 9.14. The lowest BCUT2D eigenvalue weighted by atomic mass is 10.0. The maximum Gasteiger partial charge on any atom is 0.327 e. The highest BCUT2D eigenvalue weighted by Gasteiger charge is 2.10. The first-order valence-corrected chi connectivity index (χ1v) is 5.42. The van der Waals surface area contributed by atoms with Crippen molar-refractivity contribution >= 4 is 8.69 Å². The van der Waals surface area contributed by atoms with Crippen LogP contribution in [0.4, 0.5) is 0 Å². The van der Waals surface area contributed by atoms with Crippen LogP contribution in [-0.2, 0) is 9.09 Å². The second-order valence-corrected chi connectivity index (χ2v) is 3.93. The van der Waals surface area contributed by atoms with Gasteiger partial charge in [0.25, 0.3) is 0 Å². The van der Waals surface area contributed by atoms with E-state index in [4.69, 9.17) is 4.52 Å². The average molecular weight is 190 g/mol. The highest BCUT2D eigenvalue weighted by Crippen LogP contribution is 2.18. The predicted molar refractivity (Wildman–Crippen MR) is 51.5 cm³/mol. The molecule has 12 heavy (non-hydrogen) atoms. The molecular weight excluding hydrogens is 171 g/mol. The Labute approximate surface area is 77.0 Å². The van der Waals surface area contributed by atoms with Crippen molar-refractivity contribution in [1.29, 1.82) is 0 Å². The summed E-state index contributed by atoms with van der Waals surface area (Å²) in [5.74, 6) is 0.619. The van der Waals surface area contributed by atoms with Crippen molar-refractivity contribution in [1.82, 2.24) is 0 Å². The Hall–Kier alpha value is 0.0600. The molecule has 0 heterocycles. The van der Waals surface area contributed by atoms with E-state index in [9.17, 15) is 4.57 Å². The maximum atomic E-state index is 10.2. The molecule has 1 atom stereocenters. The largest absolute Gasteiger partial charge is 0.327 e. The van der Waals surface area contributed by atoms with Crippen LogP contribution in [0, 0.1) is 5.92 Å². The molecule has 0 aromatic carbocycles. The van der Waals surface area contributed by atoms with E-state index in [1.165, 1.54) is 6.42 Å². The van der Waals surface area contributed by atoms with Gasteiger partial charge >= 0.3 is 8.69 Å². The smallest absolute Gasteiger partial charge is 0.291 e. The fourth-order valence-electron chi connectivity index (χ4n) is 1.23. The van der Waals surface area contributed by atoms with Gasteiger partial charge in [-0.1, -0.05) is 33.6 Å². The molecule has 72 valence electrons. The highest BCUT2D eigenvalue weighted by molar-refractivity contribution is 7.17. The molecule has 0 aliphatic carbocycles. The molecule has 0 amide bonds. The second kappa shape index (κ2) is 7.70. The summed E-state index contributed by atoms with van der Waals surface area (Å²) in [4.78, 5) is 0. The minimum Gasteiger partial charge on any atom is -0.291 e. The molecule has 0 aliphatic rings. The molecule has 3 heteroatoms. The highest BCUT2D eigenvalue weighted by atomic mass is 31.1. The van der Waals surface area contributed by atoms with Crippen molar-refractivity contribution in [3.05, 3.63) is 0 Å². The lowest BCUT2D eigenvalue weighted by Crippen LogP contribution is -2.10. The number of hydrogen-bond donors (Lipinski definition) is 0. The fraction of sp³-hybridized carbons (Fsp3) is 1.00. The second-order valence-electron chi connectivity index (χ2n) is 3.57. The van der Waals surface area contributed by atoms with E-state index in [1.54, 1.807) is 0 Å². The van der Waals surface area contributed by atoms with Gasteiger partial charge in [-0.3, -0.25) is 4.52 Å². The standard InChI is InChI=1S/C9H19O2P/c1-4-5-6-9(11-12-10)7-8(2)3/h8-9H,4-7H2,1-3H3. The van der Waals surface area contributed by atoms with Gasteiger partial charge in [0.2, 0.25) is 0 Å². The summed E-state index contributed by atoms with van der Waals surface area (Å²) in [6.07, 6.45) is 4.56. The molecule has 0 radical (unpaired) electrons. The summed E-state index contributed by atoms with van der Waals surface area (Å²) in [7, 11) is -0.174. The molecule has 0 spiro atoms. The van der Waals surface area contributed by atoms with Crippen molar-refractivity contribution < 1.29 is 9.09 Å². The van der Waals surface area contributed by atoms with Gasteiger partial charge in [0.15, 0.2) is 0 Å². The first-order chi connectivity index (χ1) is 5.70. The first kappa shape index (κ1) is 12.1. The summed E-state index contributed by atoms with van der Waals surface area (Å²) in [6.45, 7) is 6.47. The van der Waals surface area contributed by atoms with E-state index < -0.39 is 0 Å². The molecular formula is C9H19O2P. The maximum absolute atomic E-state index is 10.2. The van der Waals surface area contributed by atoms with E-state index in [0.29, 0.717) is 5.92 Å². The Kier molecular flexibility index (Phi) is 7.73. The zero-order valence-electron chi connectivity index (χ0n) is 8.25. The Bertz CT molecular complexity index is 115. The molecule has 2 nitrogen and oxygen atoms in total. The van der Waals surface area contributed by atoms with Gasteiger partial charge in [0, 0.05) is 0 Å². The molecule has 0 aromatic rings. The molecule has 0 N–H and O–H groups in total. The third-order valence-corrected chi connectivity index (χ3v) is 2.19. The Balaban J connectivity index is 3.61. The molecule has 0 aromatic heterocycles. The van der Waals surface area contributed by atoms with Crippen molar-refractivity contribution in [3.8, 4) is 0 Å². The molecule has 1 unspecified atom stereocenters. The van der Waals surface area contributed by atoms with Crippen LogP contribution in [0.1, 0.15) is 46.5 Å². The number of rotatable bonds is 7. The third kappa shape index (κ3) is 6.75. The number of unbranched alkanes of at least 4 members (excludes halogenated alkanes) is 1. The number of hydrogen-bond acceptors (Lipinski definition) is 2. The molecule has 0 rings (SSSR count). The van der Waals surface area contributed by atoms with Gasteiger partial charge in [-0.25, -0.2) is 4.57 Å². The quantitative estimate of drug-likeness (QED) is 0.570. The zero-order chi connectivity index (χ0) is 9.40. The van der Waals surface area contributed by atoms with E-state index in [0.717, 1.165) is 19.3 Å². The lowest BCUT2D eigenvalue weighted by Gasteiger charge is -2.14. The van der Waals surface area contributed by atoms with Crippen LogP contribution in [-0.4, -0.2) is 6.10 Å². The molecule has 0 aliphatic heterocycles. The van der Waals surface area contributed by atoms with Crippen LogP contribution < -0.4 is 0 Å². The van der Waals surface area contributed by atoms with E-state index in [1.807, 2.05) is 0 Å². The first-order valence-electron chi connectivity index (χ1n) is 4.69. The fourth-order valence-corrected chi connectivity index (χ4v) is 1.55. The Morgan fingerprint density at radius 1 is 1.42 bits per heavy atom. The third-order valence-electron chi connectivity index (χ3n) is 1.81. The van der Waals surface area contributed by atoms with Gasteiger partial charge in [0.05, 0.1) is 6.10 Å². The minimum absolute atomic E-state index is 0.174. The van der Waals surface area contributed by atoms with Crippen molar-refractivity contribution in [2.24, 2.45) is 5.92 Å². The van der Waals surface area contributed by atoms with E-state index in [-0.39, 0.29) is 14.8 Å². The predicted octanol–water partition coefficient (Wildman–Crippen LogP) is 3.81. The van der Waals surface area contributed by atoms with Gasteiger partial charge in [-0.05, 0) is 18.8 Å². The van der Waals surface area contributed by atoms with Gasteiger partial charge in [0.1, 0.15) is 0 Å². The van der Waals surface area contributed by atoms with Crippen LogP contribution in [0.5, 0.6) is 0 Å². The molecule has 0 bridgehead atoms. The summed E-state index contributed by atoms with van der Waals surface area (Å²) < 4.78 is 15.3. The van der Waals surface area contributed by atoms with Gasteiger partial charge in [-0.2, -0.15) is 0 Å². The van der Waals surface area contributed by atoms with Crippen LogP contribution in [0.25, 0.3) is 0 Å². The SMILES string of the molecule is CCCCC(CC(C)C)OP=O. The lowest BCUT2D eigenvalue weighted by molar-refractivity contribution is 0.180. The van der Waals surface area contributed by atoms with Crippen LogP contribution >= 0.6 is 8.69 Å². The molecule has 0 saturated carbocycles.